The quantitative estimate of drug-likeness (QED) is 0.224. The van der Waals surface area contributed by atoms with Crippen LogP contribution in [0.3, 0.4) is 0 Å². The summed E-state index contributed by atoms with van der Waals surface area (Å²) in [7, 11) is 0. The van der Waals surface area contributed by atoms with Crippen LogP contribution in [-0.2, 0) is 16.2 Å². The second-order valence-electron chi connectivity index (χ2n) is 20.1. The van der Waals surface area contributed by atoms with Crippen LogP contribution in [0.25, 0.3) is 0 Å². The summed E-state index contributed by atoms with van der Waals surface area (Å²) in [6.45, 7) is 18.6. The molecule has 4 aliphatic carbocycles. The Bertz CT molecular complexity index is 1950. The van der Waals surface area contributed by atoms with E-state index in [-0.39, 0.29) is 27.3 Å². The van der Waals surface area contributed by atoms with E-state index in [4.69, 9.17) is 0 Å². The van der Waals surface area contributed by atoms with Gasteiger partial charge in [-0.05, 0) is 127 Å². The van der Waals surface area contributed by atoms with E-state index in [0.717, 1.165) is 23.7 Å². The average molecular weight is 649 g/mol. The largest absolute Gasteiger partial charge is 0.335 e. The van der Waals surface area contributed by atoms with Crippen molar-refractivity contribution in [2.45, 2.75) is 153 Å². The van der Waals surface area contributed by atoms with E-state index < -0.39 is 0 Å². The Morgan fingerprint density at radius 2 is 1.16 bits per heavy atom. The molecule has 4 aliphatic heterocycles. The average Bonchev–Trinajstić information content (AvgIpc) is 3.45. The van der Waals surface area contributed by atoms with Crippen LogP contribution in [0.1, 0.15) is 142 Å². The third kappa shape index (κ3) is 3.15. The fourth-order valence-electron chi connectivity index (χ4n) is 15.1. The minimum atomic E-state index is 0.0692. The SMILES string of the molecule is CC(C)(C)c1ccc2c3c1C1(C)CCC4CCCCC4C1(C)N3c1cccc3c1B2c1cccc2c1N3C1(C)C3CCCCC3CCC21C. The normalized spacial score (nSPS) is 39.0. The summed E-state index contributed by atoms with van der Waals surface area (Å²) < 4.78 is 0. The lowest BCUT2D eigenvalue weighted by molar-refractivity contribution is 0.0331. The molecule has 8 aliphatic rings. The number of benzene rings is 3. The van der Waals surface area contributed by atoms with Gasteiger partial charge in [-0.15, -0.1) is 0 Å². The third-order valence-electron chi connectivity index (χ3n) is 17.6. The highest BCUT2D eigenvalue weighted by molar-refractivity contribution is 7.00. The van der Waals surface area contributed by atoms with Crippen molar-refractivity contribution in [3.63, 3.8) is 0 Å². The highest BCUT2D eigenvalue weighted by Crippen LogP contribution is 2.69. The molecular formula is C46H57BN2. The lowest BCUT2D eigenvalue weighted by Gasteiger charge is -2.61. The molecule has 0 amide bonds. The molecule has 3 aromatic rings. The van der Waals surface area contributed by atoms with Gasteiger partial charge in [0.1, 0.15) is 0 Å². The molecule has 2 nitrogen and oxygen atoms in total. The number of anilines is 4. The predicted octanol–water partition coefficient (Wildman–Crippen LogP) is 9.66. The third-order valence-corrected chi connectivity index (χ3v) is 17.6. The Hall–Kier alpha value is -2.68. The molecule has 0 bridgehead atoms. The van der Waals surface area contributed by atoms with Gasteiger partial charge in [0, 0.05) is 33.6 Å². The molecule has 4 heterocycles. The fourth-order valence-corrected chi connectivity index (χ4v) is 15.1. The van der Waals surface area contributed by atoms with Gasteiger partial charge in [-0.25, -0.2) is 0 Å². The smallest absolute Gasteiger partial charge is 0.252 e. The molecule has 49 heavy (non-hydrogen) atoms. The monoisotopic (exact) mass is 648 g/mol. The summed E-state index contributed by atoms with van der Waals surface area (Å²) in [5, 5.41) is 0. The van der Waals surface area contributed by atoms with Crippen LogP contribution in [-0.4, -0.2) is 17.8 Å². The van der Waals surface area contributed by atoms with E-state index >= 15 is 0 Å². The summed E-state index contributed by atoms with van der Waals surface area (Å²) in [6, 6.07) is 20.4. The topological polar surface area (TPSA) is 6.48 Å². The molecule has 4 saturated carbocycles. The molecule has 3 aromatic carbocycles. The van der Waals surface area contributed by atoms with E-state index in [9.17, 15) is 0 Å². The van der Waals surface area contributed by atoms with Crippen molar-refractivity contribution in [1.82, 2.24) is 0 Å². The molecule has 0 saturated heterocycles. The van der Waals surface area contributed by atoms with Gasteiger partial charge in [-0.3, -0.25) is 0 Å². The first-order valence-corrected chi connectivity index (χ1v) is 20.5. The summed E-state index contributed by atoms with van der Waals surface area (Å²) in [5.41, 5.74) is 16.6. The zero-order valence-corrected chi connectivity index (χ0v) is 31.4. The van der Waals surface area contributed by atoms with Crippen molar-refractivity contribution in [2.24, 2.45) is 23.7 Å². The van der Waals surface area contributed by atoms with Crippen LogP contribution >= 0.6 is 0 Å². The number of fused-ring (bicyclic) bond motifs is 14. The molecule has 8 unspecified atom stereocenters. The Morgan fingerprint density at radius 1 is 0.612 bits per heavy atom. The second kappa shape index (κ2) is 9.21. The van der Waals surface area contributed by atoms with Crippen LogP contribution in [0, 0.1) is 23.7 Å². The van der Waals surface area contributed by atoms with Crippen molar-refractivity contribution in [1.29, 1.82) is 0 Å². The molecule has 8 atom stereocenters. The Labute approximate surface area is 296 Å². The second-order valence-corrected chi connectivity index (χ2v) is 20.1. The molecule has 0 N–H and O–H groups in total. The molecule has 0 spiro atoms. The Kier molecular flexibility index (Phi) is 5.64. The first kappa shape index (κ1) is 30.0. The van der Waals surface area contributed by atoms with Crippen LogP contribution in [0.15, 0.2) is 48.5 Å². The molecule has 0 radical (unpaired) electrons. The molecule has 254 valence electrons. The molecule has 4 fully saturated rings. The first-order chi connectivity index (χ1) is 23.5. The minimum absolute atomic E-state index is 0.0692. The van der Waals surface area contributed by atoms with Crippen LogP contribution in [0.2, 0.25) is 0 Å². The van der Waals surface area contributed by atoms with E-state index in [1.807, 2.05) is 0 Å². The van der Waals surface area contributed by atoms with Gasteiger partial charge in [-0.1, -0.05) is 110 Å². The van der Waals surface area contributed by atoms with Crippen LogP contribution < -0.4 is 26.2 Å². The molecule has 0 aromatic heterocycles. The lowest BCUT2D eigenvalue weighted by atomic mass is 9.33. The van der Waals surface area contributed by atoms with E-state index in [0.29, 0.717) is 6.71 Å². The fraction of sp³-hybridized carbons (Fsp3) is 0.609. The number of para-hydroxylation sites is 1. The van der Waals surface area contributed by atoms with Gasteiger partial charge in [-0.2, -0.15) is 0 Å². The van der Waals surface area contributed by atoms with Gasteiger partial charge in [0.15, 0.2) is 0 Å². The predicted molar refractivity (Wildman–Crippen MR) is 208 cm³/mol. The van der Waals surface area contributed by atoms with Crippen molar-refractivity contribution in [3.05, 3.63) is 65.2 Å². The van der Waals surface area contributed by atoms with E-state index in [1.165, 1.54) is 77.0 Å². The maximum absolute atomic E-state index is 3.04. The lowest BCUT2D eigenvalue weighted by Crippen LogP contribution is -2.69. The molecular weight excluding hydrogens is 591 g/mol. The Morgan fingerprint density at radius 3 is 1.82 bits per heavy atom. The highest BCUT2D eigenvalue weighted by atomic mass is 15.3. The van der Waals surface area contributed by atoms with Gasteiger partial charge in [0.25, 0.3) is 6.71 Å². The Balaban J connectivity index is 1.24. The van der Waals surface area contributed by atoms with Crippen LogP contribution in [0.4, 0.5) is 22.7 Å². The maximum Gasteiger partial charge on any atom is 0.252 e. The summed E-state index contributed by atoms with van der Waals surface area (Å²) in [6.07, 6.45) is 16.7. The van der Waals surface area contributed by atoms with E-state index in [2.05, 4.69) is 107 Å². The summed E-state index contributed by atoms with van der Waals surface area (Å²) in [5.74, 6) is 3.20. The first-order valence-electron chi connectivity index (χ1n) is 20.5. The maximum atomic E-state index is 3.04. The highest BCUT2D eigenvalue weighted by Gasteiger charge is 2.69. The number of nitrogens with zero attached hydrogens (tertiary/aromatic N) is 2. The van der Waals surface area contributed by atoms with Gasteiger partial charge < -0.3 is 9.80 Å². The molecule has 3 heteroatoms. The number of rotatable bonds is 0. The summed E-state index contributed by atoms with van der Waals surface area (Å²) in [4.78, 5) is 6.05. The van der Waals surface area contributed by atoms with Crippen molar-refractivity contribution >= 4 is 45.9 Å². The van der Waals surface area contributed by atoms with Gasteiger partial charge >= 0.3 is 0 Å². The van der Waals surface area contributed by atoms with Gasteiger partial charge in [0.2, 0.25) is 0 Å². The number of hydrogen-bond donors (Lipinski definition) is 0. The van der Waals surface area contributed by atoms with E-state index in [1.54, 1.807) is 55.8 Å². The zero-order valence-electron chi connectivity index (χ0n) is 31.4. The zero-order chi connectivity index (χ0) is 33.5. The van der Waals surface area contributed by atoms with Gasteiger partial charge in [0.05, 0.1) is 11.1 Å². The summed E-state index contributed by atoms with van der Waals surface area (Å²) >= 11 is 0. The molecule has 11 rings (SSSR count). The standard InChI is InChI=1S/C46H57BN2/c1-42(2,3)32-22-23-35-41-38(32)44(5)27-25-29-15-9-11-17-31(29)46(44,7)49(41)37-21-13-20-36-39(37)47(35)34-19-12-18-33-40(34)48(36)45(6)30-16-10-8-14-28(30)24-26-43(33,45)4/h12-13,18-23,28-31H,8-11,14-17,24-27H2,1-7H3. The minimum Gasteiger partial charge on any atom is -0.335 e. The number of hydrogen-bond acceptors (Lipinski definition) is 2. The van der Waals surface area contributed by atoms with Crippen molar-refractivity contribution in [2.75, 3.05) is 9.80 Å². The van der Waals surface area contributed by atoms with Crippen LogP contribution in [0.5, 0.6) is 0 Å². The van der Waals surface area contributed by atoms with Crippen molar-refractivity contribution in [3.8, 4) is 0 Å². The van der Waals surface area contributed by atoms with Crippen molar-refractivity contribution < 1.29 is 0 Å².